The first-order valence-electron chi connectivity index (χ1n) is 5.22. The number of carbonyl (C=O) groups excluding carboxylic acids is 1. The molecular weight excluding hydrogens is 174 g/mol. The Balaban J connectivity index is 3.07. The van der Waals surface area contributed by atoms with E-state index in [4.69, 9.17) is 0 Å². The highest BCUT2D eigenvalue weighted by atomic mass is 16.1. The van der Waals surface area contributed by atoms with Crippen molar-refractivity contribution in [1.29, 1.82) is 0 Å². The molecule has 0 aliphatic carbocycles. The SMILES string of the molecule is CC(C)C1=C(C(C)C)NC(=O)CC=C1. The fraction of sp³-hybridized carbons (Fsp3) is 0.583. The fourth-order valence-corrected chi connectivity index (χ4v) is 1.64. The van der Waals surface area contributed by atoms with Crippen molar-refractivity contribution in [1.82, 2.24) is 5.32 Å². The maximum atomic E-state index is 11.4. The van der Waals surface area contributed by atoms with Gasteiger partial charge >= 0.3 is 0 Å². The summed E-state index contributed by atoms with van der Waals surface area (Å²) >= 11 is 0. The molecule has 0 bridgehead atoms. The van der Waals surface area contributed by atoms with Crippen LogP contribution in [0.15, 0.2) is 23.4 Å². The number of allylic oxidation sites excluding steroid dienone is 3. The van der Waals surface area contributed by atoms with Crippen molar-refractivity contribution in [3.63, 3.8) is 0 Å². The monoisotopic (exact) mass is 193 g/mol. The van der Waals surface area contributed by atoms with Gasteiger partial charge in [-0.3, -0.25) is 4.79 Å². The van der Waals surface area contributed by atoms with E-state index < -0.39 is 0 Å². The fourth-order valence-electron chi connectivity index (χ4n) is 1.64. The highest BCUT2D eigenvalue weighted by Crippen LogP contribution is 2.22. The van der Waals surface area contributed by atoms with Gasteiger partial charge in [0.05, 0.1) is 0 Å². The molecule has 0 aromatic rings. The number of rotatable bonds is 2. The van der Waals surface area contributed by atoms with Gasteiger partial charge in [-0.05, 0) is 17.4 Å². The molecule has 2 heteroatoms. The van der Waals surface area contributed by atoms with E-state index in [1.165, 1.54) is 5.57 Å². The second-order valence-corrected chi connectivity index (χ2v) is 4.33. The van der Waals surface area contributed by atoms with Crippen LogP contribution in [-0.4, -0.2) is 5.91 Å². The maximum absolute atomic E-state index is 11.4. The largest absolute Gasteiger partial charge is 0.329 e. The van der Waals surface area contributed by atoms with E-state index in [9.17, 15) is 4.79 Å². The Morgan fingerprint density at radius 2 is 1.86 bits per heavy atom. The first kappa shape index (κ1) is 11.0. The van der Waals surface area contributed by atoms with Crippen molar-refractivity contribution < 1.29 is 4.79 Å². The smallest absolute Gasteiger partial charge is 0.227 e. The van der Waals surface area contributed by atoms with Gasteiger partial charge < -0.3 is 5.32 Å². The molecule has 0 aromatic heterocycles. The van der Waals surface area contributed by atoms with Crippen LogP contribution in [0, 0.1) is 11.8 Å². The third-order valence-electron chi connectivity index (χ3n) is 2.39. The predicted octanol–water partition coefficient (Wildman–Crippen LogP) is 2.63. The van der Waals surface area contributed by atoms with Gasteiger partial charge in [-0.1, -0.05) is 39.8 Å². The third-order valence-corrected chi connectivity index (χ3v) is 2.39. The van der Waals surface area contributed by atoms with E-state index in [1.54, 1.807) is 0 Å². The van der Waals surface area contributed by atoms with Gasteiger partial charge in [0.15, 0.2) is 0 Å². The zero-order valence-electron chi connectivity index (χ0n) is 9.42. The number of amides is 1. The van der Waals surface area contributed by atoms with Gasteiger partial charge in [0.2, 0.25) is 5.91 Å². The summed E-state index contributed by atoms with van der Waals surface area (Å²) in [6, 6.07) is 0. The molecule has 1 aliphatic rings. The Hall–Kier alpha value is -1.05. The third kappa shape index (κ3) is 2.47. The molecule has 0 saturated heterocycles. The van der Waals surface area contributed by atoms with Crippen LogP contribution >= 0.6 is 0 Å². The average molecular weight is 193 g/mol. The molecule has 0 aromatic carbocycles. The van der Waals surface area contributed by atoms with Crippen LogP contribution in [0.4, 0.5) is 0 Å². The van der Waals surface area contributed by atoms with Crippen LogP contribution in [0.3, 0.4) is 0 Å². The molecule has 1 amide bonds. The molecule has 0 fully saturated rings. The van der Waals surface area contributed by atoms with Gasteiger partial charge in [-0.2, -0.15) is 0 Å². The Morgan fingerprint density at radius 3 is 2.36 bits per heavy atom. The van der Waals surface area contributed by atoms with Crippen LogP contribution in [0.25, 0.3) is 0 Å². The van der Waals surface area contributed by atoms with E-state index in [0.29, 0.717) is 18.3 Å². The summed E-state index contributed by atoms with van der Waals surface area (Å²) in [7, 11) is 0. The van der Waals surface area contributed by atoms with Gasteiger partial charge in [0, 0.05) is 12.1 Å². The summed E-state index contributed by atoms with van der Waals surface area (Å²) in [4.78, 5) is 11.4. The summed E-state index contributed by atoms with van der Waals surface area (Å²) in [5.74, 6) is 0.932. The van der Waals surface area contributed by atoms with Crippen LogP contribution in [0.5, 0.6) is 0 Å². The minimum absolute atomic E-state index is 0.0978. The van der Waals surface area contributed by atoms with E-state index in [2.05, 4.69) is 39.1 Å². The molecule has 78 valence electrons. The lowest BCUT2D eigenvalue weighted by Crippen LogP contribution is -2.25. The second kappa shape index (κ2) is 4.45. The van der Waals surface area contributed by atoms with Gasteiger partial charge in [0.25, 0.3) is 0 Å². The molecule has 0 saturated carbocycles. The lowest BCUT2D eigenvalue weighted by molar-refractivity contribution is -0.119. The van der Waals surface area contributed by atoms with Crippen molar-refractivity contribution in [2.75, 3.05) is 0 Å². The summed E-state index contributed by atoms with van der Waals surface area (Å²) in [6.45, 7) is 8.52. The minimum atomic E-state index is 0.0978. The standard InChI is InChI=1S/C12H19NO/c1-8(2)10-6-5-7-11(14)13-12(10)9(3)4/h5-6,8-9H,7H2,1-4H3,(H,13,14). The van der Waals surface area contributed by atoms with Crippen molar-refractivity contribution in [3.05, 3.63) is 23.4 Å². The molecule has 2 nitrogen and oxygen atoms in total. The van der Waals surface area contributed by atoms with Crippen LogP contribution < -0.4 is 5.32 Å². The summed E-state index contributed by atoms with van der Waals surface area (Å²) in [6.07, 6.45) is 4.52. The van der Waals surface area contributed by atoms with Gasteiger partial charge in [-0.15, -0.1) is 0 Å². The molecule has 0 atom stereocenters. The average Bonchev–Trinajstić information content (AvgIpc) is 2.26. The Labute approximate surface area is 86.1 Å². The molecule has 1 N–H and O–H groups in total. The maximum Gasteiger partial charge on any atom is 0.227 e. The van der Waals surface area contributed by atoms with E-state index in [0.717, 1.165) is 5.70 Å². The molecule has 0 radical (unpaired) electrons. The van der Waals surface area contributed by atoms with Crippen LogP contribution in [0.2, 0.25) is 0 Å². The lowest BCUT2D eigenvalue weighted by atomic mass is 9.95. The van der Waals surface area contributed by atoms with Gasteiger partial charge in [0.1, 0.15) is 0 Å². The first-order chi connectivity index (χ1) is 6.52. The summed E-state index contributed by atoms with van der Waals surface area (Å²) in [5.41, 5.74) is 2.34. The molecular formula is C12H19NO. The van der Waals surface area contributed by atoms with E-state index >= 15 is 0 Å². The lowest BCUT2D eigenvalue weighted by Gasteiger charge is -2.18. The van der Waals surface area contributed by atoms with Crippen molar-refractivity contribution in [3.8, 4) is 0 Å². The molecule has 0 unspecified atom stereocenters. The number of carbonyl (C=O) groups is 1. The van der Waals surface area contributed by atoms with E-state index in [1.807, 2.05) is 6.08 Å². The zero-order chi connectivity index (χ0) is 10.7. The summed E-state index contributed by atoms with van der Waals surface area (Å²) in [5, 5.41) is 2.99. The topological polar surface area (TPSA) is 29.1 Å². The highest BCUT2D eigenvalue weighted by Gasteiger charge is 2.16. The molecule has 1 heterocycles. The Kier molecular flexibility index (Phi) is 3.50. The quantitative estimate of drug-likeness (QED) is 0.717. The molecule has 0 spiro atoms. The Morgan fingerprint density at radius 1 is 1.21 bits per heavy atom. The van der Waals surface area contributed by atoms with Crippen molar-refractivity contribution in [2.24, 2.45) is 11.8 Å². The summed E-state index contributed by atoms with van der Waals surface area (Å²) < 4.78 is 0. The van der Waals surface area contributed by atoms with Gasteiger partial charge in [-0.25, -0.2) is 0 Å². The zero-order valence-corrected chi connectivity index (χ0v) is 9.42. The molecule has 1 aliphatic heterocycles. The molecule has 1 rings (SSSR count). The highest BCUT2D eigenvalue weighted by molar-refractivity contribution is 5.80. The minimum Gasteiger partial charge on any atom is -0.329 e. The van der Waals surface area contributed by atoms with Crippen molar-refractivity contribution in [2.45, 2.75) is 34.1 Å². The normalized spacial score (nSPS) is 17.7. The van der Waals surface area contributed by atoms with Crippen molar-refractivity contribution >= 4 is 5.91 Å². The predicted molar refractivity (Wildman–Crippen MR) is 58.6 cm³/mol. The molecule has 14 heavy (non-hydrogen) atoms. The first-order valence-corrected chi connectivity index (χ1v) is 5.22. The van der Waals surface area contributed by atoms with Crippen LogP contribution in [-0.2, 0) is 4.79 Å². The van der Waals surface area contributed by atoms with E-state index in [-0.39, 0.29) is 5.91 Å². The number of nitrogens with one attached hydrogen (secondary N) is 1. The Bertz CT molecular complexity index is 285. The number of hydrogen-bond acceptors (Lipinski definition) is 1. The van der Waals surface area contributed by atoms with Crippen LogP contribution in [0.1, 0.15) is 34.1 Å². The second-order valence-electron chi connectivity index (χ2n) is 4.33. The number of hydrogen-bond donors (Lipinski definition) is 1.